The van der Waals surface area contributed by atoms with Crippen LogP contribution in [0.25, 0.3) is 0 Å². The number of carbonyl (C=O) groups excluding carboxylic acids is 1. The van der Waals surface area contributed by atoms with Crippen LogP contribution < -0.4 is 10.1 Å². The summed E-state index contributed by atoms with van der Waals surface area (Å²) in [5.41, 5.74) is 0.965. The van der Waals surface area contributed by atoms with Crippen LogP contribution in [0.15, 0.2) is 24.3 Å². The normalized spacial score (nSPS) is 20.8. The summed E-state index contributed by atoms with van der Waals surface area (Å²) in [5.74, 6) is 0.751. The second-order valence-electron chi connectivity index (χ2n) is 5.56. The average molecular weight is 292 g/mol. The van der Waals surface area contributed by atoms with E-state index in [-0.39, 0.29) is 18.1 Å². The van der Waals surface area contributed by atoms with Gasteiger partial charge in [-0.1, -0.05) is 18.2 Å². The third-order valence-electron chi connectivity index (χ3n) is 3.83. The van der Waals surface area contributed by atoms with E-state index in [0.29, 0.717) is 13.1 Å². The predicted molar refractivity (Wildman–Crippen MR) is 81.2 cm³/mol. The third-order valence-corrected chi connectivity index (χ3v) is 3.83. The van der Waals surface area contributed by atoms with E-state index < -0.39 is 0 Å². The number of aliphatic hydroxyl groups is 1. The summed E-state index contributed by atoms with van der Waals surface area (Å²) in [5, 5.41) is 12.6. The number of para-hydroxylation sites is 1. The lowest BCUT2D eigenvalue weighted by atomic mass is 10.1. The molecule has 2 atom stereocenters. The first kappa shape index (κ1) is 15.8. The molecule has 1 aliphatic heterocycles. The number of methoxy groups -OCH3 is 1. The van der Waals surface area contributed by atoms with Gasteiger partial charge in [-0.05, 0) is 32.4 Å². The number of likely N-dealkylation sites (tertiary alicyclic amines) is 1. The maximum atomic E-state index is 12.1. The Hall–Kier alpha value is -1.59. The molecule has 1 aromatic carbocycles. The van der Waals surface area contributed by atoms with Crippen LogP contribution in [0.5, 0.6) is 5.75 Å². The van der Waals surface area contributed by atoms with Crippen molar-refractivity contribution in [3.63, 3.8) is 0 Å². The molecule has 0 aromatic heterocycles. The number of nitrogens with zero attached hydrogens (tertiary/aromatic N) is 1. The van der Waals surface area contributed by atoms with E-state index in [1.54, 1.807) is 7.11 Å². The van der Waals surface area contributed by atoms with Crippen LogP contribution in [-0.4, -0.2) is 48.8 Å². The summed E-state index contributed by atoms with van der Waals surface area (Å²) >= 11 is 0. The first-order valence-corrected chi connectivity index (χ1v) is 7.43. The van der Waals surface area contributed by atoms with E-state index in [1.807, 2.05) is 36.1 Å². The molecule has 1 amide bonds. The first-order valence-electron chi connectivity index (χ1n) is 7.43. The Morgan fingerprint density at radius 3 is 3.00 bits per heavy atom. The van der Waals surface area contributed by atoms with Gasteiger partial charge in [0.15, 0.2) is 0 Å². The molecule has 5 heteroatoms. The van der Waals surface area contributed by atoms with E-state index in [1.165, 1.54) is 0 Å². The van der Waals surface area contributed by atoms with Crippen molar-refractivity contribution in [2.24, 2.45) is 0 Å². The molecular weight excluding hydrogens is 268 g/mol. The lowest BCUT2D eigenvalue weighted by Crippen LogP contribution is -2.44. The number of amides is 1. The molecule has 2 N–H and O–H groups in total. The molecule has 0 saturated carbocycles. The minimum absolute atomic E-state index is 0.0255. The first-order chi connectivity index (χ1) is 10.1. The van der Waals surface area contributed by atoms with Crippen LogP contribution in [0.4, 0.5) is 0 Å². The molecule has 0 radical (unpaired) electrons. The quantitative estimate of drug-likeness (QED) is 0.859. The Kier molecular flexibility index (Phi) is 5.59. The molecule has 0 aliphatic carbocycles. The molecule has 2 rings (SSSR count). The molecular formula is C16H24N2O3. The van der Waals surface area contributed by atoms with Crippen LogP contribution in [0.3, 0.4) is 0 Å². The maximum absolute atomic E-state index is 12.1. The number of benzene rings is 1. The largest absolute Gasteiger partial charge is 0.496 e. The number of aliphatic hydroxyl groups excluding tert-OH is 1. The standard InChI is InChI=1S/C16H24N2O3/c1-12(14-7-3-4-8-15(14)21-2)17-16(20)11-18-9-5-6-13(19)10-18/h3-4,7-8,12-13,19H,5-6,9-11H2,1-2H3,(H,17,20). The Bertz CT molecular complexity index is 478. The summed E-state index contributed by atoms with van der Waals surface area (Å²) in [6, 6.07) is 7.57. The third kappa shape index (κ3) is 4.44. The molecule has 0 bridgehead atoms. The maximum Gasteiger partial charge on any atom is 0.234 e. The van der Waals surface area contributed by atoms with Gasteiger partial charge >= 0.3 is 0 Å². The molecule has 1 saturated heterocycles. The van der Waals surface area contributed by atoms with E-state index >= 15 is 0 Å². The van der Waals surface area contributed by atoms with E-state index in [2.05, 4.69) is 5.32 Å². The van der Waals surface area contributed by atoms with Crippen LogP contribution in [0, 0.1) is 0 Å². The highest BCUT2D eigenvalue weighted by atomic mass is 16.5. The van der Waals surface area contributed by atoms with Gasteiger partial charge in [0.05, 0.1) is 25.8 Å². The summed E-state index contributed by atoms with van der Waals surface area (Å²) in [6.45, 7) is 3.72. The van der Waals surface area contributed by atoms with Crippen LogP contribution in [-0.2, 0) is 4.79 Å². The lowest BCUT2D eigenvalue weighted by molar-refractivity contribution is -0.123. The Balaban J connectivity index is 1.89. The topological polar surface area (TPSA) is 61.8 Å². The van der Waals surface area contributed by atoms with E-state index in [0.717, 1.165) is 30.7 Å². The Morgan fingerprint density at radius 1 is 1.52 bits per heavy atom. The molecule has 0 spiro atoms. The molecule has 116 valence electrons. The number of nitrogens with one attached hydrogen (secondary N) is 1. The SMILES string of the molecule is COc1ccccc1C(C)NC(=O)CN1CCCC(O)C1. The predicted octanol–water partition coefficient (Wildman–Crippen LogP) is 1.33. The zero-order valence-electron chi connectivity index (χ0n) is 12.7. The number of β-amino-alcohol motifs (C(OH)–C–C–N with tert-alkyl or cyclic N) is 1. The molecule has 1 aromatic rings. The van der Waals surface area contributed by atoms with E-state index in [9.17, 15) is 9.90 Å². The van der Waals surface area contributed by atoms with Gasteiger partial charge in [0.25, 0.3) is 0 Å². The fourth-order valence-electron chi connectivity index (χ4n) is 2.77. The van der Waals surface area contributed by atoms with Crippen molar-refractivity contribution in [3.05, 3.63) is 29.8 Å². The van der Waals surface area contributed by atoms with Gasteiger partial charge in [0, 0.05) is 12.1 Å². The molecule has 2 unspecified atom stereocenters. The smallest absolute Gasteiger partial charge is 0.234 e. The van der Waals surface area contributed by atoms with Gasteiger partial charge in [-0.2, -0.15) is 0 Å². The summed E-state index contributed by atoms with van der Waals surface area (Å²) in [7, 11) is 1.63. The fraction of sp³-hybridized carbons (Fsp3) is 0.562. The number of hydrogen-bond donors (Lipinski definition) is 2. The van der Waals surface area contributed by atoms with Gasteiger partial charge < -0.3 is 15.2 Å². The zero-order chi connectivity index (χ0) is 15.2. The Labute approximate surface area is 125 Å². The van der Waals surface area contributed by atoms with Crippen LogP contribution in [0.1, 0.15) is 31.4 Å². The molecule has 1 heterocycles. The average Bonchev–Trinajstić information content (AvgIpc) is 2.47. The summed E-state index contributed by atoms with van der Waals surface area (Å²) < 4.78 is 5.32. The van der Waals surface area contributed by atoms with E-state index in [4.69, 9.17) is 4.74 Å². The number of piperidine rings is 1. The Morgan fingerprint density at radius 2 is 2.29 bits per heavy atom. The summed E-state index contributed by atoms with van der Waals surface area (Å²) in [6.07, 6.45) is 1.46. The van der Waals surface area contributed by atoms with Crippen molar-refractivity contribution in [3.8, 4) is 5.75 Å². The molecule has 1 aliphatic rings. The second-order valence-corrected chi connectivity index (χ2v) is 5.56. The second kappa shape index (κ2) is 7.43. The summed E-state index contributed by atoms with van der Waals surface area (Å²) in [4.78, 5) is 14.1. The van der Waals surface area contributed by atoms with Gasteiger partial charge in [-0.25, -0.2) is 0 Å². The zero-order valence-corrected chi connectivity index (χ0v) is 12.7. The van der Waals surface area contributed by atoms with Gasteiger partial charge in [-0.3, -0.25) is 9.69 Å². The van der Waals surface area contributed by atoms with Crippen molar-refractivity contribution < 1.29 is 14.6 Å². The van der Waals surface area contributed by atoms with Crippen molar-refractivity contribution in [1.82, 2.24) is 10.2 Å². The van der Waals surface area contributed by atoms with Gasteiger partial charge in [0.2, 0.25) is 5.91 Å². The minimum Gasteiger partial charge on any atom is -0.496 e. The van der Waals surface area contributed by atoms with Crippen molar-refractivity contribution in [2.45, 2.75) is 31.9 Å². The minimum atomic E-state index is -0.307. The highest BCUT2D eigenvalue weighted by molar-refractivity contribution is 5.78. The highest BCUT2D eigenvalue weighted by Crippen LogP contribution is 2.24. The van der Waals surface area contributed by atoms with Gasteiger partial charge in [0.1, 0.15) is 5.75 Å². The monoisotopic (exact) mass is 292 g/mol. The van der Waals surface area contributed by atoms with Crippen molar-refractivity contribution >= 4 is 5.91 Å². The van der Waals surface area contributed by atoms with Gasteiger partial charge in [-0.15, -0.1) is 0 Å². The molecule has 21 heavy (non-hydrogen) atoms. The van der Waals surface area contributed by atoms with Crippen LogP contribution in [0.2, 0.25) is 0 Å². The number of hydrogen-bond acceptors (Lipinski definition) is 4. The number of ether oxygens (including phenoxy) is 1. The highest BCUT2D eigenvalue weighted by Gasteiger charge is 2.21. The van der Waals surface area contributed by atoms with Crippen LogP contribution >= 0.6 is 0 Å². The lowest BCUT2D eigenvalue weighted by Gasteiger charge is -2.29. The van der Waals surface area contributed by atoms with Crippen molar-refractivity contribution in [2.75, 3.05) is 26.7 Å². The molecule has 5 nitrogen and oxygen atoms in total. The van der Waals surface area contributed by atoms with Crippen molar-refractivity contribution in [1.29, 1.82) is 0 Å². The fourth-order valence-corrected chi connectivity index (χ4v) is 2.77. The number of rotatable bonds is 5. The molecule has 1 fully saturated rings. The number of carbonyl (C=O) groups is 1.